The van der Waals surface area contributed by atoms with Gasteiger partial charge in [0.15, 0.2) is 0 Å². The molecule has 2 unspecified atom stereocenters. The second-order valence-corrected chi connectivity index (χ2v) is 5.77. The van der Waals surface area contributed by atoms with Gasteiger partial charge in [0.1, 0.15) is 11.6 Å². The predicted octanol–water partition coefficient (Wildman–Crippen LogP) is 0.707. The Morgan fingerprint density at radius 3 is 2.38 bits per heavy atom. The number of hydrogen-bond acceptors (Lipinski definition) is 6. The lowest BCUT2D eigenvalue weighted by Gasteiger charge is -2.11. The fourth-order valence-corrected chi connectivity index (χ4v) is 2.27. The Morgan fingerprint density at radius 2 is 1.81 bits per heavy atom. The van der Waals surface area contributed by atoms with Gasteiger partial charge in [-0.15, -0.1) is 0 Å². The third-order valence-electron chi connectivity index (χ3n) is 3.41. The summed E-state index contributed by atoms with van der Waals surface area (Å²) in [4.78, 5) is 23.3. The number of hydrazine groups is 1. The van der Waals surface area contributed by atoms with Crippen molar-refractivity contribution in [2.75, 3.05) is 33.0 Å². The maximum absolute atomic E-state index is 11.7. The fraction of sp³-hybridized carbons (Fsp3) is 0.867. The second-order valence-electron chi connectivity index (χ2n) is 5.77. The number of Topliss-reactive ketones (excluding diaryl/α,β-unsaturated/α-hetero) is 2. The van der Waals surface area contributed by atoms with Crippen LogP contribution in [0.3, 0.4) is 0 Å². The van der Waals surface area contributed by atoms with Gasteiger partial charge in [0.2, 0.25) is 0 Å². The van der Waals surface area contributed by atoms with Crippen LogP contribution in [0.2, 0.25) is 0 Å². The van der Waals surface area contributed by atoms with Gasteiger partial charge in [-0.1, -0.05) is 6.92 Å². The van der Waals surface area contributed by atoms with Crippen LogP contribution in [0.25, 0.3) is 0 Å². The minimum atomic E-state index is -0.438. The maximum atomic E-state index is 11.7. The van der Waals surface area contributed by atoms with E-state index in [1.807, 2.05) is 6.92 Å². The molecular formula is C15H28N2O4. The number of carbonyl (C=O) groups excluding carboxylic acids is 2. The third-order valence-corrected chi connectivity index (χ3v) is 3.41. The average Bonchev–Trinajstić information content (AvgIpc) is 2.66. The minimum Gasteiger partial charge on any atom is -0.379 e. The van der Waals surface area contributed by atoms with Crippen LogP contribution in [0.1, 0.15) is 33.6 Å². The van der Waals surface area contributed by atoms with Gasteiger partial charge in [-0.3, -0.25) is 20.4 Å². The first kappa shape index (κ1) is 18.2. The number of ketones is 2. The van der Waals surface area contributed by atoms with Crippen LogP contribution in [-0.2, 0) is 19.1 Å². The van der Waals surface area contributed by atoms with E-state index in [1.165, 1.54) is 0 Å². The molecule has 1 rings (SSSR count). The zero-order valence-corrected chi connectivity index (χ0v) is 13.3. The normalized spacial score (nSPS) is 22.5. The lowest BCUT2D eigenvalue weighted by Crippen LogP contribution is -2.39. The molecule has 6 nitrogen and oxygen atoms in total. The summed E-state index contributed by atoms with van der Waals surface area (Å²) in [6, 6.07) is 0.400. The summed E-state index contributed by atoms with van der Waals surface area (Å²) in [6.45, 7) is 8.73. The molecule has 6 heteroatoms. The summed E-state index contributed by atoms with van der Waals surface area (Å²) >= 11 is 0. The molecule has 0 bridgehead atoms. The van der Waals surface area contributed by atoms with E-state index in [4.69, 9.17) is 9.47 Å². The number of ether oxygens (including phenoxy) is 2. The molecule has 0 aromatic carbocycles. The van der Waals surface area contributed by atoms with Gasteiger partial charge in [0.25, 0.3) is 0 Å². The zero-order valence-electron chi connectivity index (χ0n) is 13.3. The summed E-state index contributed by atoms with van der Waals surface area (Å²) in [5.74, 6) is -0.412. The maximum Gasteiger partial charge on any atom is 0.146 e. The molecule has 0 radical (unpaired) electrons. The van der Waals surface area contributed by atoms with Gasteiger partial charge < -0.3 is 9.47 Å². The molecule has 2 atom stereocenters. The van der Waals surface area contributed by atoms with Crippen molar-refractivity contribution in [1.29, 1.82) is 0 Å². The molecule has 1 aliphatic carbocycles. The van der Waals surface area contributed by atoms with E-state index >= 15 is 0 Å². The standard InChI is InChI=1S/C15H28N2O4/c1-11(2)17-16-5-7-21-9-8-20-6-4-13-14(18)10-12(3)15(13)19/h11-13,16-17H,4-10H2,1-3H3. The minimum absolute atomic E-state index is 0.0658. The lowest BCUT2D eigenvalue weighted by atomic mass is 10.0. The number of hydrogen-bond donors (Lipinski definition) is 2. The van der Waals surface area contributed by atoms with Crippen LogP contribution in [0.15, 0.2) is 0 Å². The van der Waals surface area contributed by atoms with Crippen LogP contribution >= 0.6 is 0 Å². The van der Waals surface area contributed by atoms with E-state index in [0.29, 0.717) is 45.3 Å². The summed E-state index contributed by atoms with van der Waals surface area (Å²) in [5.41, 5.74) is 6.12. The van der Waals surface area contributed by atoms with Crippen molar-refractivity contribution in [3.8, 4) is 0 Å². The quantitative estimate of drug-likeness (QED) is 0.332. The SMILES string of the molecule is CC(C)NNCCOCCOCCC1C(=O)CC(C)C1=O. The summed E-state index contributed by atoms with van der Waals surface area (Å²) in [5, 5.41) is 0. The van der Waals surface area contributed by atoms with Crippen LogP contribution in [0.4, 0.5) is 0 Å². The highest BCUT2D eigenvalue weighted by molar-refractivity contribution is 6.09. The van der Waals surface area contributed by atoms with E-state index in [9.17, 15) is 9.59 Å². The van der Waals surface area contributed by atoms with Gasteiger partial charge in [-0.2, -0.15) is 0 Å². The van der Waals surface area contributed by atoms with Crippen molar-refractivity contribution in [3.05, 3.63) is 0 Å². The van der Waals surface area contributed by atoms with Crippen molar-refractivity contribution in [2.24, 2.45) is 11.8 Å². The van der Waals surface area contributed by atoms with E-state index in [2.05, 4.69) is 24.7 Å². The van der Waals surface area contributed by atoms with E-state index in [1.54, 1.807) is 0 Å². The Labute approximate surface area is 126 Å². The van der Waals surface area contributed by atoms with E-state index in [-0.39, 0.29) is 17.5 Å². The molecule has 1 saturated carbocycles. The molecule has 0 saturated heterocycles. The molecule has 0 spiro atoms. The van der Waals surface area contributed by atoms with E-state index in [0.717, 1.165) is 6.54 Å². The Kier molecular flexibility index (Phi) is 8.68. The highest BCUT2D eigenvalue weighted by Crippen LogP contribution is 2.25. The zero-order chi connectivity index (χ0) is 15.7. The highest BCUT2D eigenvalue weighted by Gasteiger charge is 2.37. The molecule has 2 N–H and O–H groups in total. The van der Waals surface area contributed by atoms with Gasteiger partial charge in [-0.25, -0.2) is 0 Å². The van der Waals surface area contributed by atoms with Gasteiger partial charge in [0, 0.05) is 31.5 Å². The Balaban J connectivity index is 1.91. The summed E-state index contributed by atoms with van der Waals surface area (Å²) in [6.07, 6.45) is 0.895. The molecule has 1 fully saturated rings. The number of carbonyl (C=O) groups is 2. The highest BCUT2D eigenvalue weighted by atomic mass is 16.5. The number of nitrogens with one attached hydrogen (secondary N) is 2. The molecule has 0 amide bonds. The first-order chi connectivity index (χ1) is 10.0. The number of rotatable bonds is 11. The summed E-state index contributed by atoms with van der Waals surface area (Å²) in [7, 11) is 0. The van der Waals surface area contributed by atoms with Crippen LogP contribution in [-0.4, -0.2) is 50.6 Å². The molecule has 0 heterocycles. The van der Waals surface area contributed by atoms with Gasteiger partial charge in [0.05, 0.1) is 25.7 Å². The third kappa shape index (κ3) is 7.13. The Morgan fingerprint density at radius 1 is 1.14 bits per heavy atom. The van der Waals surface area contributed by atoms with Crippen LogP contribution in [0.5, 0.6) is 0 Å². The molecule has 0 aromatic rings. The van der Waals surface area contributed by atoms with Crippen LogP contribution in [0, 0.1) is 11.8 Å². The molecule has 1 aliphatic rings. The van der Waals surface area contributed by atoms with Gasteiger partial charge >= 0.3 is 0 Å². The van der Waals surface area contributed by atoms with Crippen molar-refractivity contribution < 1.29 is 19.1 Å². The molecule has 0 aromatic heterocycles. The summed E-state index contributed by atoms with van der Waals surface area (Å²) < 4.78 is 10.8. The largest absolute Gasteiger partial charge is 0.379 e. The van der Waals surface area contributed by atoms with Crippen molar-refractivity contribution in [2.45, 2.75) is 39.7 Å². The smallest absolute Gasteiger partial charge is 0.146 e. The van der Waals surface area contributed by atoms with Crippen molar-refractivity contribution in [3.63, 3.8) is 0 Å². The molecular weight excluding hydrogens is 272 g/mol. The first-order valence-corrected chi connectivity index (χ1v) is 7.72. The Bertz CT molecular complexity index is 334. The molecule has 122 valence electrons. The fourth-order valence-electron chi connectivity index (χ4n) is 2.27. The average molecular weight is 300 g/mol. The van der Waals surface area contributed by atoms with Gasteiger partial charge in [-0.05, 0) is 20.3 Å². The monoisotopic (exact) mass is 300 g/mol. The van der Waals surface area contributed by atoms with E-state index < -0.39 is 5.92 Å². The van der Waals surface area contributed by atoms with Crippen LogP contribution < -0.4 is 10.9 Å². The lowest BCUT2D eigenvalue weighted by molar-refractivity contribution is -0.128. The molecule has 21 heavy (non-hydrogen) atoms. The Hall–Kier alpha value is -0.820. The van der Waals surface area contributed by atoms with Crippen molar-refractivity contribution >= 4 is 11.6 Å². The second kappa shape index (κ2) is 10.00. The molecule has 0 aliphatic heterocycles. The van der Waals surface area contributed by atoms with Crippen molar-refractivity contribution in [1.82, 2.24) is 10.9 Å². The topological polar surface area (TPSA) is 76.7 Å². The predicted molar refractivity (Wildman–Crippen MR) is 79.8 cm³/mol. The first-order valence-electron chi connectivity index (χ1n) is 7.72.